The van der Waals surface area contributed by atoms with Crippen molar-refractivity contribution in [3.05, 3.63) is 82.3 Å². The van der Waals surface area contributed by atoms with Crippen molar-refractivity contribution < 1.29 is 17.9 Å². The average Bonchev–Trinajstić information content (AvgIpc) is 2.84. The Balaban J connectivity index is 1.46. The van der Waals surface area contributed by atoms with Crippen molar-refractivity contribution in [1.82, 2.24) is 4.90 Å². The Kier molecular flexibility index (Phi) is 6.98. The highest BCUT2D eigenvalue weighted by atomic mass is 35.5. The zero-order valence-corrected chi connectivity index (χ0v) is 20.3. The molecule has 1 aliphatic heterocycles. The monoisotopic (exact) mass is 503 g/mol. The molecule has 3 aromatic carbocycles. The smallest absolute Gasteiger partial charge is 0.257 e. The van der Waals surface area contributed by atoms with Gasteiger partial charge in [-0.05, 0) is 54.8 Å². The number of hydrogen-bond acceptors (Lipinski definition) is 4. The molecule has 0 spiro atoms. The van der Waals surface area contributed by atoms with Crippen molar-refractivity contribution in [3.63, 3.8) is 0 Å². The third kappa shape index (κ3) is 4.88. The number of halogens is 2. The highest BCUT2D eigenvalue weighted by Gasteiger charge is 2.33. The first kappa shape index (κ1) is 23.6. The molecule has 3 aromatic rings. The molecule has 5 nitrogen and oxygen atoms in total. The number of ether oxygens (including phenoxy) is 1. The lowest BCUT2D eigenvalue weighted by molar-refractivity contribution is 0.0722. The number of piperidine rings is 1. The Bertz CT molecular complexity index is 1270. The van der Waals surface area contributed by atoms with E-state index >= 15 is 0 Å². The zero-order chi connectivity index (χ0) is 23.6. The van der Waals surface area contributed by atoms with Crippen molar-refractivity contribution in [2.45, 2.75) is 23.0 Å². The van der Waals surface area contributed by atoms with Crippen LogP contribution in [0.3, 0.4) is 0 Å². The Morgan fingerprint density at radius 3 is 2.27 bits per heavy atom. The van der Waals surface area contributed by atoms with Crippen LogP contribution < -0.4 is 4.74 Å². The van der Waals surface area contributed by atoms with Gasteiger partial charge in [0, 0.05) is 28.7 Å². The molecule has 0 saturated carbocycles. The molecule has 4 rings (SSSR count). The molecular formula is C25H23Cl2NO4S. The first-order valence-corrected chi connectivity index (χ1v) is 12.8. The summed E-state index contributed by atoms with van der Waals surface area (Å²) in [7, 11) is -2.00. The molecular weight excluding hydrogens is 481 g/mol. The van der Waals surface area contributed by atoms with Gasteiger partial charge in [0.1, 0.15) is 5.75 Å². The molecule has 0 radical (unpaired) electrons. The molecule has 0 atom stereocenters. The number of carbonyl (C=O) groups excluding carboxylic acids is 1. The first-order chi connectivity index (χ1) is 15.8. The number of methoxy groups -OCH3 is 1. The number of hydrogen-bond donors (Lipinski definition) is 0. The number of amides is 1. The second kappa shape index (κ2) is 9.75. The quantitative estimate of drug-likeness (QED) is 0.444. The minimum atomic E-state index is -3.52. The summed E-state index contributed by atoms with van der Waals surface area (Å²) >= 11 is 12.2. The first-order valence-electron chi connectivity index (χ1n) is 10.5. The molecule has 0 N–H and O–H groups in total. The van der Waals surface area contributed by atoms with Crippen LogP contribution in [0.1, 0.15) is 23.2 Å². The Hall–Kier alpha value is -2.54. The van der Waals surface area contributed by atoms with Gasteiger partial charge in [0.2, 0.25) is 0 Å². The van der Waals surface area contributed by atoms with E-state index in [4.69, 9.17) is 27.9 Å². The van der Waals surface area contributed by atoms with E-state index in [1.807, 2.05) is 6.07 Å². The average molecular weight is 504 g/mol. The fourth-order valence-corrected chi connectivity index (χ4v) is 6.35. The van der Waals surface area contributed by atoms with Crippen LogP contribution in [0.15, 0.2) is 71.6 Å². The van der Waals surface area contributed by atoms with Crippen molar-refractivity contribution in [2.75, 3.05) is 20.2 Å². The fourth-order valence-electron chi connectivity index (χ4n) is 4.10. The maximum Gasteiger partial charge on any atom is 0.257 e. The van der Waals surface area contributed by atoms with E-state index in [9.17, 15) is 13.2 Å². The van der Waals surface area contributed by atoms with E-state index < -0.39 is 15.1 Å². The van der Waals surface area contributed by atoms with E-state index in [0.717, 1.165) is 11.1 Å². The van der Waals surface area contributed by atoms with E-state index in [1.54, 1.807) is 65.6 Å². The number of rotatable bonds is 5. The summed E-state index contributed by atoms with van der Waals surface area (Å²) in [4.78, 5) is 14.9. The highest BCUT2D eigenvalue weighted by Crippen LogP contribution is 2.32. The van der Waals surface area contributed by atoms with Crippen LogP contribution in [0.25, 0.3) is 11.1 Å². The van der Waals surface area contributed by atoms with Gasteiger partial charge in [0.05, 0.1) is 22.8 Å². The number of para-hydroxylation sites is 1. The molecule has 0 aromatic heterocycles. The summed E-state index contributed by atoms with van der Waals surface area (Å²) in [6.07, 6.45) is 0.766. The van der Waals surface area contributed by atoms with Crippen LogP contribution in [-0.2, 0) is 9.84 Å². The van der Waals surface area contributed by atoms with Gasteiger partial charge in [0.25, 0.3) is 5.91 Å². The SMILES string of the molecule is COc1ccccc1C(=O)N1CCC(S(=O)(=O)c2ccc(-c3ccc(Cl)cc3Cl)cc2)CC1. The summed E-state index contributed by atoms with van der Waals surface area (Å²) < 4.78 is 31.7. The van der Waals surface area contributed by atoms with E-state index in [-0.39, 0.29) is 10.8 Å². The second-order valence-electron chi connectivity index (χ2n) is 7.89. The molecule has 1 fully saturated rings. The summed E-state index contributed by atoms with van der Waals surface area (Å²) in [5.74, 6) is 0.366. The minimum absolute atomic E-state index is 0.146. The van der Waals surface area contributed by atoms with E-state index in [2.05, 4.69) is 0 Å². The lowest BCUT2D eigenvalue weighted by Crippen LogP contribution is -2.42. The maximum absolute atomic E-state index is 13.2. The largest absolute Gasteiger partial charge is 0.496 e. The van der Waals surface area contributed by atoms with E-state index in [0.29, 0.717) is 47.3 Å². The van der Waals surface area contributed by atoms with Gasteiger partial charge in [0.15, 0.2) is 9.84 Å². The van der Waals surface area contributed by atoms with Crippen LogP contribution >= 0.6 is 23.2 Å². The Labute approximate surface area is 203 Å². The number of carbonyl (C=O) groups is 1. The molecule has 1 heterocycles. The zero-order valence-electron chi connectivity index (χ0n) is 18.0. The topological polar surface area (TPSA) is 63.7 Å². The molecule has 0 aliphatic carbocycles. The fraction of sp³-hybridized carbons (Fsp3) is 0.240. The molecule has 33 heavy (non-hydrogen) atoms. The lowest BCUT2D eigenvalue weighted by Gasteiger charge is -2.32. The standard InChI is InChI=1S/C25H23Cl2NO4S/c1-32-24-5-3-2-4-22(24)25(29)28-14-12-20(13-15-28)33(30,31)19-9-6-17(7-10-19)21-11-8-18(26)16-23(21)27/h2-11,16,20H,12-15H2,1H3. The summed E-state index contributed by atoms with van der Waals surface area (Å²) in [6, 6.07) is 19.0. The van der Waals surface area contributed by atoms with Gasteiger partial charge in [-0.3, -0.25) is 4.79 Å². The van der Waals surface area contributed by atoms with Crippen LogP contribution in [0.2, 0.25) is 10.0 Å². The predicted octanol–water partition coefficient (Wildman–Crippen LogP) is 5.75. The van der Waals surface area contributed by atoms with Gasteiger partial charge >= 0.3 is 0 Å². The summed E-state index contributed by atoms with van der Waals surface area (Å²) in [5.41, 5.74) is 2.08. The van der Waals surface area contributed by atoms with Gasteiger partial charge in [-0.2, -0.15) is 0 Å². The van der Waals surface area contributed by atoms with E-state index in [1.165, 1.54) is 7.11 Å². The lowest BCUT2D eigenvalue weighted by atomic mass is 10.1. The van der Waals surface area contributed by atoms with Crippen molar-refractivity contribution in [2.24, 2.45) is 0 Å². The van der Waals surface area contributed by atoms with Gasteiger partial charge in [-0.25, -0.2) is 8.42 Å². The number of sulfone groups is 1. The molecule has 1 amide bonds. The maximum atomic E-state index is 13.2. The van der Waals surface area contributed by atoms with Crippen LogP contribution in [0.5, 0.6) is 5.75 Å². The highest BCUT2D eigenvalue weighted by molar-refractivity contribution is 7.92. The van der Waals surface area contributed by atoms with Crippen LogP contribution in [-0.4, -0.2) is 44.7 Å². The van der Waals surface area contributed by atoms with Crippen molar-refractivity contribution in [1.29, 1.82) is 0 Å². The molecule has 1 aliphatic rings. The molecule has 1 saturated heterocycles. The molecule has 172 valence electrons. The Morgan fingerprint density at radius 1 is 0.970 bits per heavy atom. The van der Waals surface area contributed by atoms with Gasteiger partial charge in [-0.15, -0.1) is 0 Å². The van der Waals surface area contributed by atoms with Crippen molar-refractivity contribution in [3.8, 4) is 16.9 Å². The third-order valence-electron chi connectivity index (χ3n) is 5.93. The minimum Gasteiger partial charge on any atom is -0.496 e. The second-order valence-corrected chi connectivity index (χ2v) is 11.0. The third-order valence-corrected chi connectivity index (χ3v) is 8.76. The number of nitrogens with zero attached hydrogens (tertiary/aromatic N) is 1. The summed E-state index contributed by atoms with van der Waals surface area (Å²) in [5, 5.41) is 0.507. The molecule has 8 heteroatoms. The predicted molar refractivity (Wildman–Crippen MR) is 131 cm³/mol. The molecule has 0 bridgehead atoms. The van der Waals surface area contributed by atoms with Gasteiger partial charge < -0.3 is 9.64 Å². The van der Waals surface area contributed by atoms with Gasteiger partial charge in [-0.1, -0.05) is 53.5 Å². The van der Waals surface area contributed by atoms with Crippen LogP contribution in [0.4, 0.5) is 0 Å². The number of likely N-dealkylation sites (tertiary alicyclic amines) is 1. The van der Waals surface area contributed by atoms with Crippen molar-refractivity contribution >= 4 is 38.9 Å². The number of benzene rings is 3. The summed E-state index contributed by atoms with van der Waals surface area (Å²) in [6.45, 7) is 0.749. The molecule has 0 unspecified atom stereocenters. The Morgan fingerprint density at radius 2 is 1.64 bits per heavy atom. The normalized spacial score (nSPS) is 14.8. The van der Waals surface area contributed by atoms with Crippen LogP contribution in [0, 0.1) is 0 Å².